The van der Waals surface area contributed by atoms with Crippen LogP contribution in [0.4, 0.5) is 4.39 Å². The molecule has 16 heavy (non-hydrogen) atoms. The summed E-state index contributed by atoms with van der Waals surface area (Å²) in [6.07, 6.45) is 0. The summed E-state index contributed by atoms with van der Waals surface area (Å²) in [6.45, 7) is 5.36. The lowest BCUT2D eigenvalue weighted by atomic mass is 9.96. The molecule has 4 heteroatoms. The average Bonchev–Trinajstić information content (AvgIpc) is 2.21. The molecule has 1 N–H and O–H groups in total. The summed E-state index contributed by atoms with van der Waals surface area (Å²) in [4.78, 5) is 0. The van der Waals surface area contributed by atoms with E-state index in [2.05, 4.69) is 19.2 Å². The van der Waals surface area contributed by atoms with Crippen LogP contribution in [0.2, 0.25) is 5.02 Å². The van der Waals surface area contributed by atoms with Gasteiger partial charge in [-0.25, -0.2) is 4.39 Å². The lowest BCUT2D eigenvalue weighted by Gasteiger charge is -2.21. The molecule has 0 saturated heterocycles. The molecule has 1 aromatic rings. The molecule has 0 bridgehead atoms. The van der Waals surface area contributed by atoms with E-state index < -0.39 is 0 Å². The molecule has 0 aliphatic carbocycles. The zero-order valence-electron chi connectivity index (χ0n) is 9.49. The molecule has 0 amide bonds. The van der Waals surface area contributed by atoms with E-state index in [1.807, 2.05) is 0 Å². The second-order valence-electron chi connectivity index (χ2n) is 4.64. The molecule has 1 rings (SSSR count). The first kappa shape index (κ1) is 13.8. The molecule has 1 nitrogen and oxygen atoms in total. The third kappa shape index (κ3) is 4.28. The van der Waals surface area contributed by atoms with Crippen molar-refractivity contribution in [3.8, 4) is 0 Å². The third-order valence-electron chi connectivity index (χ3n) is 2.30. The minimum Gasteiger partial charge on any atom is -0.312 e. The number of hydrogen-bond donors (Lipinski definition) is 1. The summed E-state index contributed by atoms with van der Waals surface area (Å²) < 4.78 is 13.4. The fourth-order valence-corrected chi connectivity index (χ4v) is 1.50. The highest BCUT2D eigenvalue weighted by atomic mass is 35.5. The van der Waals surface area contributed by atoms with E-state index in [1.165, 1.54) is 6.07 Å². The Morgan fingerprint density at radius 1 is 1.38 bits per heavy atom. The predicted molar refractivity (Wildman–Crippen MR) is 67.6 cm³/mol. The van der Waals surface area contributed by atoms with Crippen LogP contribution in [0, 0.1) is 11.2 Å². The largest absolute Gasteiger partial charge is 0.312 e. The highest BCUT2D eigenvalue weighted by Crippen LogP contribution is 2.17. The highest BCUT2D eigenvalue weighted by molar-refractivity contribution is 6.30. The van der Waals surface area contributed by atoms with Crippen molar-refractivity contribution >= 4 is 23.2 Å². The summed E-state index contributed by atoms with van der Waals surface area (Å²) in [5, 5.41) is 3.60. The molecule has 0 unspecified atom stereocenters. The van der Waals surface area contributed by atoms with Crippen molar-refractivity contribution in [3.63, 3.8) is 0 Å². The van der Waals surface area contributed by atoms with Gasteiger partial charge in [0.05, 0.1) is 0 Å². The Morgan fingerprint density at radius 2 is 2.06 bits per heavy atom. The van der Waals surface area contributed by atoms with Gasteiger partial charge in [-0.15, -0.1) is 11.6 Å². The lowest BCUT2D eigenvalue weighted by Crippen LogP contribution is -2.30. The van der Waals surface area contributed by atoms with Crippen molar-refractivity contribution in [1.29, 1.82) is 0 Å². The van der Waals surface area contributed by atoms with Crippen molar-refractivity contribution < 1.29 is 4.39 Å². The van der Waals surface area contributed by atoms with Crippen LogP contribution in [0.3, 0.4) is 0 Å². The zero-order chi connectivity index (χ0) is 12.2. The summed E-state index contributed by atoms with van der Waals surface area (Å²) in [5.74, 6) is 0.298. The first-order chi connectivity index (χ1) is 7.44. The third-order valence-corrected chi connectivity index (χ3v) is 3.25. The molecule has 0 fully saturated rings. The summed E-state index contributed by atoms with van der Waals surface area (Å²) in [5.41, 5.74) is 0.638. The molecule has 0 spiro atoms. The number of nitrogens with one attached hydrogen (secondary N) is 1. The standard InChI is InChI=1S/C12H16Cl2FN/c1-12(2,7-13)8-16-6-9-3-4-10(14)5-11(9)15/h3-5,16H,6-8H2,1-2H3. The Hall–Kier alpha value is -0.310. The van der Waals surface area contributed by atoms with Crippen molar-refractivity contribution in [2.24, 2.45) is 5.41 Å². The van der Waals surface area contributed by atoms with Crippen LogP contribution in [0.5, 0.6) is 0 Å². The Labute approximate surface area is 106 Å². The Balaban J connectivity index is 2.49. The first-order valence-electron chi connectivity index (χ1n) is 5.15. The number of hydrogen-bond acceptors (Lipinski definition) is 1. The van der Waals surface area contributed by atoms with Gasteiger partial charge < -0.3 is 5.32 Å². The molecule has 1 aromatic carbocycles. The normalized spacial score (nSPS) is 11.8. The van der Waals surface area contributed by atoms with Gasteiger partial charge in [0.2, 0.25) is 0 Å². The van der Waals surface area contributed by atoms with Gasteiger partial charge in [0.15, 0.2) is 0 Å². The van der Waals surface area contributed by atoms with E-state index in [-0.39, 0.29) is 11.2 Å². The van der Waals surface area contributed by atoms with Crippen molar-refractivity contribution in [2.75, 3.05) is 12.4 Å². The van der Waals surface area contributed by atoms with Crippen LogP contribution < -0.4 is 5.32 Å². The molecular weight excluding hydrogens is 248 g/mol. The number of rotatable bonds is 5. The zero-order valence-corrected chi connectivity index (χ0v) is 11.0. The van der Waals surface area contributed by atoms with Crippen LogP contribution in [0.1, 0.15) is 19.4 Å². The number of halogens is 3. The molecule has 0 aliphatic heterocycles. The lowest BCUT2D eigenvalue weighted by molar-refractivity contribution is 0.383. The monoisotopic (exact) mass is 263 g/mol. The predicted octanol–water partition coefficient (Wildman–Crippen LogP) is 3.83. The number of alkyl halides is 1. The van der Waals surface area contributed by atoms with Gasteiger partial charge in [0.25, 0.3) is 0 Å². The van der Waals surface area contributed by atoms with E-state index in [9.17, 15) is 4.39 Å². The molecule has 0 aliphatic rings. The smallest absolute Gasteiger partial charge is 0.129 e. The van der Waals surface area contributed by atoms with E-state index >= 15 is 0 Å². The van der Waals surface area contributed by atoms with Crippen molar-refractivity contribution in [1.82, 2.24) is 5.32 Å². The van der Waals surface area contributed by atoms with Gasteiger partial charge in [-0.3, -0.25) is 0 Å². The summed E-state index contributed by atoms with van der Waals surface area (Å²) in [6, 6.07) is 4.71. The van der Waals surface area contributed by atoms with Crippen LogP contribution in [-0.4, -0.2) is 12.4 Å². The van der Waals surface area contributed by atoms with Gasteiger partial charge in [-0.2, -0.15) is 0 Å². The van der Waals surface area contributed by atoms with Crippen LogP contribution in [-0.2, 0) is 6.54 Å². The SMILES string of the molecule is CC(C)(CCl)CNCc1ccc(Cl)cc1F. The Kier molecular flexibility index (Phi) is 5.03. The van der Waals surface area contributed by atoms with Crippen LogP contribution in [0.25, 0.3) is 0 Å². The van der Waals surface area contributed by atoms with Gasteiger partial charge in [0, 0.05) is 29.6 Å². The molecule has 0 heterocycles. The topological polar surface area (TPSA) is 12.0 Å². The fraction of sp³-hybridized carbons (Fsp3) is 0.500. The van der Waals surface area contributed by atoms with Gasteiger partial charge in [0.1, 0.15) is 5.82 Å². The van der Waals surface area contributed by atoms with E-state index in [1.54, 1.807) is 12.1 Å². The van der Waals surface area contributed by atoms with E-state index in [4.69, 9.17) is 23.2 Å². The second kappa shape index (κ2) is 5.85. The molecule has 0 atom stereocenters. The van der Waals surface area contributed by atoms with Gasteiger partial charge >= 0.3 is 0 Å². The van der Waals surface area contributed by atoms with Crippen LogP contribution >= 0.6 is 23.2 Å². The molecule has 0 saturated carbocycles. The first-order valence-corrected chi connectivity index (χ1v) is 6.06. The minimum atomic E-state index is -0.274. The van der Waals surface area contributed by atoms with Crippen molar-refractivity contribution in [2.45, 2.75) is 20.4 Å². The van der Waals surface area contributed by atoms with E-state index in [0.717, 1.165) is 6.54 Å². The molecule has 90 valence electrons. The maximum absolute atomic E-state index is 13.4. The second-order valence-corrected chi connectivity index (χ2v) is 5.34. The Bertz CT molecular complexity index is 353. The molecular formula is C12H16Cl2FN. The maximum atomic E-state index is 13.4. The van der Waals surface area contributed by atoms with Crippen molar-refractivity contribution in [3.05, 3.63) is 34.6 Å². The Morgan fingerprint density at radius 3 is 2.62 bits per heavy atom. The summed E-state index contributed by atoms with van der Waals surface area (Å²) >= 11 is 11.5. The summed E-state index contributed by atoms with van der Waals surface area (Å²) in [7, 11) is 0. The maximum Gasteiger partial charge on any atom is 0.129 e. The average molecular weight is 264 g/mol. The number of benzene rings is 1. The molecule has 0 aromatic heterocycles. The highest BCUT2D eigenvalue weighted by Gasteiger charge is 2.15. The molecule has 0 radical (unpaired) electrons. The minimum absolute atomic E-state index is 0.0183. The van der Waals surface area contributed by atoms with Gasteiger partial charge in [-0.1, -0.05) is 31.5 Å². The quantitative estimate of drug-likeness (QED) is 0.797. The fourth-order valence-electron chi connectivity index (χ4n) is 1.25. The van der Waals surface area contributed by atoms with E-state index in [0.29, 0.717) is 23.0 Å². The van der Waals surface area contributed by atoms with Crippen LogP contribution in [0.15, 0.2) is 18.2 Å². The van der Waals surface area contributed by atoms with Gasteiger partial charge in [-0.05, 0) is 17.5 Å².